The van der Waals surface area contributed by atoms with Crippen molar-refractivity contribution in [3.63, 3.8) is 0 Å². The van der Waals surface area contributed by atoms with Crippen LogP contribution in [0.1, 0.15) is 168 Å². The topological polar surface area (TPSA) is 0 Å². The van der Waals surface area contributed by atoms with Gasteiger partial charge in [-0.3, -0.25) is 0 Å². The number of allylic oxidation sites excluding steroid dienone is 1. The van der Waals surface area contributed by atoms with E-state index in [1.807, 2.05) is 62.3 Å². The summed E-state index contributed by atoms with van der Waals surface area (Å²) in [5.74, 6) is 1.02. The maximum absolute atomic E-state index is 3.36. The van der Waals surface area contributed by atoms with Crippen LogP contribution >= 0.6 is 0 Å². The third kappa shape index (κ3) is 97.1. The van der Waals surface area contributed by atoms with Gasteiger partial charge in [0.25, 0.3) is 0 Å². The van der Waals surface area contributed by atoms with E-state index < -0.39 is 0 Å². The molecule has 0 bridgehead atoms. The number of hydrogen-bond acceptors (Lipinski definition) is 0. The van der Waals surface area contributed by atoms with Gasteiger partial charge < -0.3 is 0 Å². The first-order valence-corrected chi connectivity index (χ1v) is 13.2. The summed E-state index contributed by atoms with van der Waals surface area (Å²) in [5.41, 5.74) is 0. The molecule has 0 radical (unpaired) electrons. The second-order valence-corrected chi connectivity index (χ2v) is 5.73. The predicted molar refractivity (Wildman–Crippen MR) is 144 cm³/mol. The van der Waals surface area contributed by atoms with Crippen LogP contribution in [0.5, 0.6) is 0 Å². The third-order valence-electron chi connectivity index (χ3n) is 3.24. The lowest BCUT2D eigenvalue weighted by Crippen LogP contribution is -1.97. The molecule has 0 heterocycles. The van der Waals surface area contributed by atoms with Crippen LogP contribution in [-0.4, -0.2) is 0 Å². The highest BCUT2D eigenvalue weighted by Crippen LogP contribution is 2.19. The second-order valence-electron chi connectivity index (χ2n) is 5.73. The average Bonchev–Trinajstić information content (AvgIpc) is 2.76. The van der Waals surface area contributed by atoms with Crippen LogP contribution in [0, 0.1) is 5.92 Å². The molecule has 0 spiro atoms. The Labute approximate surface area is 186 Å². The Balaban J connectivity index is -0.0000000522. The molecule has 0 nitrogen and oxygen atoms in total. The van der Waals surface area contributed by atoms with Crippen molar-refractivity contribution in [2.45, 2.75) is 168 Å². The minimum absolute atomic E-state index is 1.02. The van der Waals surface area contributed by atoms with Gasteiger partial charge in [-0.1, -0.05) is 167 Å². The summed E-state index contributed by atoms with van der Waals surface area (Å²) in [6.07, 6.45) is 17.4. The van der Waals surface area contributed by atoms with Crippen molar-refractivity contribution in [2.24, 2.45) is 5.92 Å². The van der Waals surface area contributed by atoms with Gasteiger partial charge in [-0.25, -0.2) is 0 Å². The number of hydrogen-bond donors (Lipinski definition) is 0. The normalized spacial score (nSPS) is 8.50. The third-order valence-corrected chi connectivity index (χ3v) is 3.24. The maximum Gasteiger partial charge on any atom is -0.0417 e. The van der Waals surface area contributed by atoms with Crippen LogP contribution < -0.4 is 0 Å². The van der Waals surface area contributed by atoms with E-state index in [4.69, 9.17) is 0 Å². The van der Waals surface area contributed by atoms with E-state index in [9.17, 15) is 0 Å². The van der Waals surface area contributed by atoms with Crippen molar-refractivity contribution < 1.29 is 0 Å². The highest BCUT2D eigenvalue weighted by molar-refractivity contribution is 4.57. The molecule has 1 atom stereocenters. The smallest absolute Gasteiger partial charge is 0.0417 e. The fourth-order valence-electron chi connectivity index (χ4n) is 2.17. The molecule has 0 aromatic heterocycles. The van der Waals surface area contributed by atoms with E-state index in [-0.39, 0.29) is 0 Å². The molecule has 0 aromatic rings. The van der Waals surface area contributed by atoms with Gasteiger partial charge >= 0.3 is 0 Å². The fraction of sp³-hybridized carbons (Fsp3) is 0.929. The van der Waals surface area contributed by atoms with Crippen molar-refractivity contribution in [2.75, 3.05) is 0 Å². The zero-order valence-electron chi connectivity index (χ0n) is 23.6. The van der Waals surface area contributed by atoms with Crippen LogP contribution in [0.25, 0.3) is 0 Å². The molecule has 0 fully saturated rings. The molecule has 0 aliphatic heterocycles. The first kappa shape index (κ1) is 46.1. The number of unbranched alkanes of at least 4 members (excludes halogenated alkanes) is 5. The standard InChI is InChI=1S/C14H30.C3H8.C3H6.4C2H6/c1-4-7-8-9-10-11-13-14(6-3)12-5-2;2*1-3-2;4*1-2/h14H,4-13H2,1-3H3;3H2,1-2H3;3H,1H2,2H3;4*1-2H3. The Morgan fingerprint density at radius 2 is 0.893 bits per heavy atom. The highest BCUT2D eigenvalue weighted by Gasteiger charge is 2.03. The predicted octanol–water partition coefficient (Wildman–Crippen LogP) is 12.3. The molecule has 28 heavy (non-hydrogen) atoms. The fourth-order valence-corrected chi connectivity index (χ4v) is 2.17. The van der Waals surface area contributed by atoms with E-state index >= 15 is 0 Å². The van der Waals surface area contributed by atoms with E-state index in [0.717, 1.165) is 5.92 Å². The van der Waals surface area contributed by atoms with E-state index in [1.54, 1.807) is 6.08 Å². The molecule has 0 N–H and O–H groups in total. The first-order valence-electron chi connectivity index (χ1n) is 13.2. The van der Waals surface area contributed by atoms with Crippen molar-refractivity contribution in [3.05, 3.63) is 12.7 Å². The van der Waals surface area contributed by atoms with Gasteiger partial charge in [0.1, 0.15) is 0 Å². The summed E-state index contributed by atoms with van der Waals surface area (Å²) < 4.78 is 0. The average molecular weight is 405 g/mol. The molecule has 0 aliphatic rings. The zero-order valence-corrected chi connectivity index (χ0v) is 23.6. The minimum Gasteiger partial charge on any atom is -0.103 e. The first-order chi connectivity index (χ1) is 13.7. The van der Waals surface area contributed by atoms with Gasteiger partial charge in [-0.2, -0.15) is 0 Å². The molecule has 0 saturated heterocycles. The molecule has 0 aromatic carbocycles. The molecular formula is C28H68. The summed E-state index contributed by atoms with van der Waals surface area (Å²) in [7, 11) is 0. The minimum atomic E-state index is 1.02. The van der Waals surface area contributed by atoms with Crippen LogP contribution in [-0.2, 0) is 0 Å². The van der Waals surface area contributed by atoms with Crippen molar-refractivity contribution >= 4 is 0 Å². The van der Waals surface area contributed by atoms with Crippen molar-refractivity contribution in [1.29, 1.82) is 0 Å². The molecular weight excluding hydrogens is 336 g/mol. The largest absolute Gasteiger partial charge is 0.103 e. The lowest BCUT2D eigenvalue weighted by Gasteiger charge is -2.12. The van der Waals surface area contributed by atoms with Gasteiger partial charge in [0.05, 0.1) is 0 Å². The Hall–Kier alpha value is -0.260. The molecule has 0 heteroatoms. The summed E-state index contributed by atoms with van der Waals surface area (Å²) in [6.45, 7) is 32.4. The Bertz CT molecular complexity index is 137. The number of rotatable bonds is 10. The van der Waals surface area contributed by atoms with Gasteiger partial charge in [-0.15, -0.1) is 6.58 Å². The lowest BCUT2D eigenvalue weighted by molar-refractivity contribution is 0.408. The highest BCUT2D eigenvalue weighted by atomic mass is 14.1. The molecule has 0 rings (SSSR count). The maximum atomic E-state index is 3.36. The lowest BCUT2D eigenvalue weighted by atomic mass is 9.94. The molecule has 0 amide bonds. The monoisotopic (exact) mass is 405 g/mol. The van der Waals surface area contributed by atoms with E-state index in [2.05, 4.69) is 41.2 Å². The van der Waals surface area contributed by atoms with Gasteiger partial charge in [0.15, 0.2) is 0 Å². The summed E-state index contributed by atoms with van der Waals surface area (Å²) in [4.78, 5) is 0. The van der Waals surface area contributed by atoms with Crippen LogP contribution in [0.3, 0.4) is 0 Å². The SMILES string of the molecule is C=CC.CC.CC.CC.CC.CCC.CCCCCCCCC(CC)CCC. The van der Waals surface area contributed by atoms with E-state index in [1.165, 1.54) is 70.6 Å². The van der Waals surface area contributed by atoms with Crippen molar-refractivity contribution in [3.8, 4) is 0 Å². The molecule has 1 unspecified atom stereocenters. The summed E-state index contributed by atoms with van der Waals surface area (Å²) >= 11 is 0. The Kier molecular flexibility index (Phi) is 134. The van der Waals surface area contributed by atoms with Gasteiger partial charge in [0.2, 0.25) is 0 Å². The van der Waals surface area contributed by atoms with Crippen molar-refractivity contribution in [1.82, 2.24) is 0 Å². The van der Waals surface area contributed by atoms with Crippen LogP contribution in [0.4, 0.5) is 0 Å². The quantitative estimate of drug-likeness (QED) is 0.251. The van der Waals surface area contributed by atoms with Gasteiger partial charge in [0, 0.05) is 0 Å². The van der Waals surface area contributed by atoms with Gasteiger partial charge in [-0.05, 0) is 12.8 Å². The van der Waals surface area contributed by atoms with Crippen LogP contribution in [0.2, 0.25) is 0 Å². The van der Waals surface area contributed by atoms with E-state index in [0.29, 0.717) is 0 Å². The zero-order chi connectivity index (χ0) is 24.1. The Morgan fingerprint density at radius 3 is 1.18 bits per heavy atom. The summed E-state index contributed by atoms with van der Waals surface area (Å²) in [6, 6.07) is 0. The summed E-state index contributed by atoms with van der Waals surface area (Å²) in [5, 5.41) is 0. The van der Waals surface area contributed by atoms with Crippen LogP contribution in [0.15, 0.2) is 12.7 Å². The molecule has 180 valence electrons. The second kappa shape index (κ2) is 81.5. The Morgan fingerprint density at radius 1 is 0.571 bits per heavy atom. The molecule has 0 aliphatic carbocycles. The molecule has 0 saturated carbocycles.